The first-order valence-corrected chi connectivity index (χ1v) is 6.79. The highest BCUT2D eigenvalue weighted by atomic mass is 16.5. The largest absolute Gasteiger partial charge is 0.487 e. The minimum atomic E-state index is 0.173. The van der Waals surface area contributed by atoms with Crippen molar-refractivity contribution in [3.05, 3.63) is 30.0 Å². The molecule has 0 radical (unpaired) electrons. The van der Waals surface area contributed by atoms with Crippen LogP contribution in [0.2, 0.25) is 0 Å². The van der Waals surface area contributed by atoms with Crippen LogP contribution in [0.15, 0.2) is 30.0 Å². The van der Waals surface area contributed by atoms with E-state index in [-0.39, 0.29) is 6.10 Å². The van der Waals surface area contributed by atoms with E-state index < -0.39 is 0 Å². The molecule has 0 aliphatic heterocycles. The van der Waals surface area contributed by atoms with Gasteiger partial charge in [-0.05, 0) is 51.7 Å². The summed E-state index contributed by atoms with van der Waals surface area (Å²) in [5, 5.41) is 3.37. The summed E-state index contributed by atoms with van der Waals surface area (Å²) < 4.78 is 5.73. The maximum absolute atomic E-state index is 5.73. The number of hydrogen-bond acceptors (Lipinski definition) is 3. The van der Waals surface area contributed by atoms with Crippen molar-refractivity contribution < 1.29 is 4.74 Å². The van der Waals surface area contributed by atoms with Crippen LogP contribution in [-0.2, 0) is 0 Å². The lowest BCUT2D eigenvalue weighted by atomic mass is 10.2. The maximum atomic E-state index is 5.73. The summed E-state index contributed by atoms with van der Waals surface area (Å²) in [5.41, 5.74) is 1.57. The van der Waals surface area contributed by atoms with Gasteiger partial charge in [-0.1, -0.05) is 11.6 Å². The summed E-state index contributed by atoms with van der Waals surface area (Å²) in [6.45, 7) is 4.98. The monoisotopic (exact) mass is 246 g/mol. The Balaban J connectivity index is 1.87. The number of pyridine rings is 1. The second kappa shape index (κ2) is 6.43. The van der Waals surface area contributed by atoms with Crippen molar-refractivity contribution >= 4 is 5.82 Å². The number of hydrogen-bond donors (Lipinski definition) is 1. The first-order chi connectivity index (χ1) is 8.75. The van der Waals surface area contributed by atoms with Gasteiger partial charge in [0.05, 0.1) is 6.10 Å². The predicted molar refractivity (Wildman–Crippen MR) is 75.0 cm³/mol. The van der Waals surface area contributed by atoms with Gasteiger partial charge in [-0.15, -0.1) is 0 Å². The van der Waals surface area contributed by atoms with Crippen molar-refractivity contribution in [1.29, 1.82) is 0 Å². The number of allylic oxidation sites excluding steroid dienone is 1. The van der Waals surface area contributed by atoms with E-state index in [1.165, 1.54) is 19.3 Å². The maximum Gasteiger partial charge on any atom is 0.168 e. The van der Waals surface area contributed by atoms with E-state index in [0.717, 1.165) is 24.5 Å². The van der Waals surface area contributed by atoms with E-state index in [2.05, 4.69) is 16.4 Å². The van der Waals surface area contributed by atoms with Crippen LogP contribution in [0.1, 0.15) is 39.5 Å². The molecule has 1 aromatic rings. The molecule has 0 aromatic carbocycles. The third-order valence-corrected chi connectivity index (χ3v) is 3.01. The Kier molecular flexibility index (Phi) is 4.62. The zero-order valence-electron chi connectivity index (χ0n) is 11.3. The van der Waals surface area contributed by atoms with Gasteiger partial charge < -0.3 is 10.1 Å². The van der Waals surface area contributed by atoms with Crippen LogP contribution in [0.3, 0.4) is 0 Å². The van der Waals surface area contributed by atoms with Crippen molar-refractivity contribution in [2.24, 2.45) is 0 Å². The quantitative estimate of drug-likeness (QED) is 0.776. The molecule has 0 spiro atoms. The smallest absolute Gasteiger partial charge is 0.168 e. The highest BCUT2D eigenvalue weighted by Crippen LogP contribution is 2.24. The molecule has 3 heteroatoms. The lowest BCUT2D eigenvalue weighted by Crippen LogP contribution is -2.10. The molecule has 0 atom stereocenters. The van der Waals surface area contributed by atoms with Crippen LogP contribution in [0.25, 0.3) is 0 Å². The SMILES string of the molecule is CC(C)Oc1cccnc1NCCC1=CCCC1. The highest BCUT2D eigenvalue weighted by molar-refractivity contribution is 5.49. The van der Waals surface area contributed by atoms with Gasteiger partial charge in [0.25, 0.3) is 0 Å². The van der Waals surface area contributed by atoms with Gasteiger partial charge in [0, 0.05) is 12.7 Å². The summed E-state index contributed by atoms with van der Waals surface area (Å²) in [7, 11) is 0. The molecule has 0 saturated carbocycles. The fourth-order valence-corrected chi connectivity index (χ4v) is 2.18. The zero-order chi connectivity index (χ0) is 12.8. The molecule has 1 aliphatic rings. The molecule has 1 aromatic heterocycles. The van der Waals surface area contributed by atoms with Crippen LogP contribution >= 0.6 is 0 Å². The lowest BCUT2D eigenvalue weighted by Gasteiger charge is -2.14. The second-order valence-electron chi connectivity index (χ2n) is 4.95. The zero-order valence-corrected chi connectivity index (χ0v) is 11.3. The summed E-state index contributed by atoms with van der Waals surface area (Å²) in [5.74, 6) is 1.69. The first kappa shape index (κ1) is 12.9. The summed E-state index contributed by atoms with van der Waals surface area (Å²) in [6.07, 6.45) is 9.28. The molecule has 0 saturated heterocycles. The average Bonchev–Trinajstić information content (AvgIpc) is 2.84. The molecular weight excluding hydrogens is 224 g/mol. The van der Waals surface area contributed by atoms with Gasteiger partial charge in [-0.3, -0.25) is 0 Å². The molecule has 0 unspecified atom stereocenters. The number of aromatic nitrogens is 1. The molecule has 0 fully saturated rings. The van der Waals surface area contributed by atoms with Crippen LogP contribution in [0.4, 0.5) is 5.82 Å². The van der Waals surface area contributed by atoms with Gasteiger partial charge in [0.15, 0.2) is 11.6 Å². The Labute approximate surface area is 109 Å². The minimum Gasteiger partial charge on any atom is -0.487 e. The van der Waals surface area contributed by atoms with Gasteiger partial charge in [0.1, 0.15) is 0 Å². The molecule has 98 valence electrons. The van der Waals surface area contributed by atoms with Crippen molar-refractivity contribution in [3.63, 3.8) is 0 Å². The number of nitrogens with one attached hydrogen (secondary N) is 1. The highest BCUT2D eigenvalue weighted by Gasteiger charge is 2.07. The van der Waals surface area contributed by atoms with Crippen molar-refractivity contribution in [2.45, 2.75) is 45.6 Å². The van der Waals surface area contributed by atoms with Crippen molar-refractivity contribution in [3.8, 4) is 5.75 Å². The Morgan fingerprint density at radius 2 is 2.33 bits per heavy atom. The summed E-state index contributed by atoms with van der Waals surface area (Å²) in [6, 6.07) is 3.87. The number of nitrogens with zero attached hydrogens (tertiary/aromatic N) is 1. The lowest BCUT2D eigenvalue weighted by molar-refractivity contribution is 0.243. The van der Waals surface area contributed by atoms with Gasteiger partial charge >= 0.3 is 0 Å². The first-order valence-electron chi connectivity index (χ1n) is 6.79. The predicted octanol–water partition coefficient (Wildman–Crippen LogP) is 3.78. The topological polar surface area (TPSA) is 34.1 Å². The van der Waals surface area contributed by atoms with Crippen LogP contribution in [-0.4, -0.2) is 17.6 Å². The molecule has 18 heavy (non-hydrogen) atoms. The number of ether oxygens (including phenoxy) is 1. The van der Waals surface area contributed by atoms with Gasteiger partial charge in [-0.2, -0.15) is 0 Å². The third kappa shape index (κ3) is 3.76. The van der Waals surface area contributed by atoms with Gasteiger partial charge in [0.2, 0.25) is 0 Å². The molecule has 2 rings (SSSR count). The van der Waals surface area contributed by atoms with Crippen LogP contribution < -0.4 is 10.1 Å². The van der Waals surface area contributed by atoms with Gasteiger partial charge in [-0.25, -0.2) is 4.98 Å². The molecule has 1 aliphatic carbocycles. The molecule has 0 amide bonds. The minimum absolute atomic E-state index is 0.173. The van der Waals surface area contributed by atoms with Crippen LogP contribution in [0, 0.1) is 0 Å². The molecular formula is C15H22N2O. The Morgan fingerprint density at radius 3 is 3.06 bits per heavy atom. The Bertz CT molecular complexity index is 413. The normalized spacial score (nSPS) is 14.7. The Morgan fingerprint density at radius 1 is 1.44 bits per heavy atom. The second-order valence-corrected chi connectivity index (χ2v) is 4.95. The van der Waals surface area contributed by atoms with E-state index in [4.69, 9.17) is 4.74 Å². The standard InChI is InChI=1S/C15H22N2O/c1-12(2)18-14-8-5-10-16-15(14)17-11-9-13-6-3-4-7-13/h5-6,8,10,12H,3-4,7,9,11H2,1-2H3,(H,16,17). The summed E-state index contributed by atoms with van der Waals surface area (Å²) >= 11 is 0. The number of anilines is 1. The third-order valence-electron chi connectivity index (χ3n) is 3.01. The fourth-order valence-electron chi connectivity index (χ4n) is 2.18. The van der Waals surface area contributed by atoms with E-state index in [0.29, 0.717) is 0 Å². The van der Waals surface area contributed by atoms with Crippen molar-refractivity contribution in [1.82, 2.24) is 4.98 Å². The summed E-state index contributed by atoms with van der Waals surface area (Å²) in [4.78, 5) is 4.34. The van der Waals surface area contributed by atoms with E-state index in [9.17, 15) is 0 Å². The molecule has 1 heterocycles. The van der Waals surface area contributed by atoms with E-state index in [1.54, 1.807) is 11.8 Å². The van der Waals surface area contributed by atoms with E-state index in [1.807, 2.05) is 26.0 Å². The molecule has 1 N–H and O–H groups in total. The fraction of sp³-hybridized carbons (Fsp3) is 0.533. The van der Waals surface area contributed by atoms with Crippen LogP contribution in [0.5, 0.6) is 5.75 Å². The molecule has 3 nitrogen and oxygen atoms in total. The Hall–Kier alpha value is -1.51. The molecule has 0 bridgehead atoms. The van der Waals surface area contributed by atoms with Crippen molar-refractivity contribution in [2.75, 3.05) is 11.9 Å². The average molecular weight is 246 g/mol. The van der Waals surface area contributed by atoms with E-state index >= 15 is 0 Å². The number of rotatable bonds is 6.